The van der Waals surface area contributed by atoms with Crippen molar-refractivity contribution in [2.75, 3.05) is 0 Å². The van der Waals surface area contributed by atoms with Gasteiger partial charge in [-0.05, 0) is 42.0 Å². The van der Waals surface area contributed by atoms with Gasteiger partial charge in [0, 0.05) is 0 Å². The van der Waals surface area contributed by atoms with Gasteiger partial charge in [-0.25, -0.2) is 4.39 Å². The van der Waals surface area contributed by atoms with Crippen molar-refractivity contribution in [2.24, 2.45) is 0 Å². The molecule has 0 N–H and O–H groups in total. The minimum absolute atomic E-state index is 0.0264. The van der Waals surface area contributed by atoms with E-state index in [-0.39, 0.29) is 11.2 Å². The van der Waals surface area contributed by atoms with Crippen LogP contribution in [0.4, 0.5) is 4.39 Å². The zero-order valence-electron chi connectivity index (χ0n) is 9.03. The van der Waals surface area contributed by atoms with Gasteiger partial charge in [0.1, 0.15) is 5.82 Å². The van der Waals surface area contributed by atoms with Crippen molar-refractivity contribution in [1.82, 2.24) is 0 Å². The second-order valence-corrected chi connectivity index (χ2v) is 4.67. The molecule has 0 unspecified atom stereocenters. The van der Waals surface area contributed by atoms with Gasteiger partial charge in [0.05, 0.1) is 0 Å². The van der Waals surface area contributed by atoms with Crippen molar-refractivity contribution >= 4 is 0 Å². The van der Waals surface area contributed by atoms with Crippen LogP contribution in [-0.2, 0) is 5.41 Å². The molecule has 0 aliphatic heterocycles. The topological polar surface area (TPSA) is 0 Å². The second kappa shape index (κ2) is 3.13. The highest BCUT2D eigenvalue weighted by atomic mass is 19.1. The summed E-state index contributed by atoms with van der Waals surface area (Å²) in [6.07, 6.45) is 0. The minimum Gasteiger partial charge on any atom is -0.207 e. The lowest BCUT2D eigenvalue weighted by Gasteiger charge is -2.22. The van der Waals surface area contributed by atoms with Gasteiger partial charge < -0.3 is 0 Å². The molecule has 0 amide bonds. The maximum absolute atomic E-state index is 13.3. The average molecular weight is 180 g/mol. The van der Waals surface area contributed by atoms with Crippen LogP contribution in [0, 0.1) is 19.7 Å². The first-order valence-corrected chi connectivity index (χ1v) is 4.59. The molecule has 13 heavy (non-hydrogen) atoms. The Labute approximate surface area is 79.8 Å². The predicted molar refractivity (Wildman–Crippen MR) is 54.6 cm³/mol. The summed E-state index contributed by atoms with van der Waals surface area (Å²) in [7, 11) is 0. The van der Waals surface area contributed by atoms with Crippen molar-refractivity contribution in [3.63, 3.8) is 0 Å². The van der Waals surface area contributed by atoms with E-state index in [1.165, 1.54) is 5.56 Å². The van der Waals surface area contributed by atoms with E-state index in [9.17, 15) is 4.39 Å². The Morgan fingerprint density at radius 1 is 1.00 bits per heavy atom. The first-order chi connectivity index (χ1) is 5.82. The van der Waals surface area contributed by atoms with Crippen LogP contribution < -0.4 is 0 Å². The lowest BCUT2D eigenvalue weighted by atomic mass is 9.83. The molecule has 0 aliphatic rings. The fourth-order valence-electron chi connectivity index (χ4n) is 1.63. The summed E-state index contributed by atoms with van der Waals surface area (Å²) < 4.78 is 13.3. The van der Waals surface area contributed by atoms with Crippen LogP contribution >= 0.6 is 0 Å². The third-order valence-corrected chi connectivity index (χ3v) is 2.31. The van der Waals surface area contributed by atoms with Crippen molar-refractivity contribution in [3.8, 4) is 0 Å². The highest BCUT2D eigenvalue weighted by Crippen LogP contribution is 2.27. The Balaban J connectivity index is 3.32. The third-order valence-electron chi connectivity index (χ3n) is 2.31. The maximum Gasteiger partial charge on any atom is 0.126 e. The molecule has 0 saturated heterocycles. The quantitative estimate of drug-likeness (QED) is 0.570. The number of halogens is 1. The lowest BCUT2D eigenvalue weighted by Crippen LogP contribution is -2.13. The molecule has 1 aromatic rings. The molecule has 0 aliphatic carbocycles. The predicted octanol–water partition coefficient (Wildman–Crippen LogP) is 3.74. The summed E-state index contributed by atoms with van der Waals surface area (Å²) in [6, 6.07) is 3.57. The van der Waals surface area contributed by atoms with Gasteiger partial charge in [-0.2, -0.15) is 0 Å². The van der Waals surface area contributed by atoms with Crippen LogP contribution in [0.3, 0.4) is 0 Å². The van der Waals surface area contributed by atoms with Gasteiger partial charge in [0.2, 0.25) is 0 Å². The molecule has 1 heteroatoms. The summed E-state index contributed by atoms with van der Waals surface area (Å²) in [5.41, 5.74) is 3.02. The summed E-state index contributed by atoms with van der Waals surface area (Å²) in [4.78, 5) is 0. The third kappa shape index (κ3) is 2.09. The Morgan fingerprint density at radius 2 is 1.54 bits per heavy atom. The summed E-state index contributed by atoms with van der Waals surface area (Å²) in [5, 5.41) is 0. The number of rotatable bonds is 0. The van der Waals surface area contributed by atoms with Crippen molar-refractivity contribution in [3.05, 3.63) is 34.6 Å². The molecule has 72 valence electrons. The van der Waals surface area contributed by atoms with E-state index in [2.05, 4.69) is 20.8 Å². The smallest absolute Gasteiger partial charge is 0.126 e. The van der Waals surface area contributed by atoms with E-state index in [1.807, 2.05) is 13.0 Å². The van der Waals surface area contributed by atoms with Gasteiger partial charge in [-0.15, -0.1) is 0 Å². The first kappa shape index (κ1) is 10.2. The van der Waals surface area contributed by atoms with Gasteiger partial charge in [0.25, 0.3) is 0 Å². The largest absolute Gasteiger partial charge is 0.207 e. The van der Waals surface area contributed by atoms with Crippen LogP contribution in [0.1, 0.15) is 37.5 Å². The first-order valence-electron chi connectivity index (χ1n) is 4.59. The van der Waals surface area contributed by atoms with Crippen molar-refractivity contribution in [2.45, 2.75) is 40.0 Å². The van der Waals surface area contributed by atoms with E-state index in [0.717, 1.165) is 11.1 Å². The van der Waals surface area contributed by atoms with Crippen molar-refractivity contribution in [1.29, 1.82) is 0 Å². The van der Waals surface area contributed by atoms with Gasteiger partial charge >= 0.3 is 0 Å². The van der Waals surface area contributed by atoms with Crippen LogP contribution in [0.15, 0.2) is 12.1 Å². The average Bonchev–Trinajstić information content (AvgIpc) is 1.94. The standard InChI is InChI=1S/C12H17F/c1-8-6-9(2)11(13)7-10(8)12(3,4)5/h6-7H,1-5H3. The molecule has 0 aromatic heterocycles. The zero-order chi connectivity index (χ0) is 10.2. The van der Waals surface area contributed by atoms with E-state index < -0.39 is 0 Å². The van der Waals surface area contributed by atoms with Gasteiger partial charge in [-0.3, -0.25) is 0 Å². The maximum atomic E-state index is 13.3. The fraction of sp³-hybridized carbons (Fsp3) is 0.500. The molecule has 1 rings (SSSR count). The van der Waals surface area contributed by atoms with Crippen molar-refractivity contribution < 1.29 is 4.39 Å². The second-order valence-electron chi connectivity index (χ2n) is 4.67. The van der Waals surface area contributed by atoms with E-state index >= 15 is 0 Å². The Morgan fingerprint density at radius 3 is 2.00 bits per heavy atom. The van der Waals surface area contributed by atoms with Crippen LogP contribution in [0.5, 0.6) is 0 Å². The highest BCUT2D eigenvalue weighted by Gasteiger charge is 2.17. The molecule has 0 radical (unpaired) electrons. The number of aryl methyl sites for hydroxylation is 2. The molecular formula is C12H17F. The van der Waals surface area contributed by atoms with Gasteiger partial charge in [-0.1, -0.05) is 26.8 Å². The van der Waals surface area contributed by atoms with E-state index in [4.69, 9.17) is 0 Å². The SMILES string of the molecule is Cc1cc(C)c(C(C)(C)C)cc1F. The Kier molecular flexibility index (Phi) is 2.47. The minimum atomic E-state index is -0.101. The van der Waals surface area contributed by atoms with Crippen LogP contribution in [0.25, 0.3) is 0 Å². The van der Waals surface area contributed by atoms with Crippen LogP contribution in [-0.4, -0.2) is 0 Å². The molecule has 0 atom stereocenters. The fourth-order valence-corrected chi connectivity index (χ4v) is 1.63. The molecule has 0 fully saturated rings. The Hall–Kier alpha value is -0.850. The monoisotopic (exact) mass is 180 g/mol. The summed E-state index contributed by atoms with van der Waals surface area (Å²) >= 11 is 0. The molecule has 0 heterocycles. The summed E-state index contributed by atoms with van der Waals surface area (Å²) in [6.45, 7) is 10.1. The number of hydrogen-bond acceptors (Lipinski definition) is 0. The molecular weight excluding hydrogens is 163 g/mol. The zero-order valence-corrected chi connectivity index (χ0v) is 9.03. The molecule has 0 bridgehead atoms. The van der Waals surface area contributed by atoms with Gasteiger partial charge in [0.15, 0.2) is 0 Å². The van der Waals surface area contributed by atoms with E-state index in [0.29, 0.717) is 0 Å². The number of benzene rings is 1. The summed E-state index contributed by atoms with van der Waals surface area (Å²) in [5.74, 6) is -0.101. The van der Waals surface area contributed by atoms with Crippen LogP contribution in [0.2, 0.25) is 0 Å². The lowest BCUT2D eigenvalue weighted by molar-refractivity contribution is 0.565. The normalized spacial score (nSPS) is 11.8. The number of hydrogen-bond donors (Lipinski definition) is 0. The Bertz CT molecular complexity index is 319. The van der Waals surface area contributed by atoms with E-state index in [1.54, 1.807) is 13.0 Å². The molecule has 0 nitrogen and oxygen atoms in total. The molecule has 0 spiro atoms. The highest BCUT2D eigenvalue weighted by molar-refractivity contribution is 5.35. The molecule has 1 aromatic carbocycles. The molecule has 0 saturated carbocycles.